The van der Waals surface area contributed by atoms with E-state index in [9.17, 15) is 22.3 Å². The Labute approximate surface area is 108 Å². The quantitative estimate of drug-likeness (QED) is 0.885. The summed E-state index contributed by atoms with van der Waals surface area (Å²) >= 11 is 0. The van der Waals surface area contributed by atoms with Crippen molar-refractivity contribution in [2.75, 3.05) is 0 Å². The van der Waals surface area contributed by atoms with Crippen LogP contribution in [-0.2, 0) is 10.0 Å². The molecule has 0 heterocycles. The van der Waals surface area contributed by atoms with Gasteiger partial charge in [0.1, 0.15) is 17.4 Å². The van der Waals surface area contributed by atoms with Crippen molar-refractivity contribution in [1.29, 1.82) is 0 Å². The molecule has 4 nitrogen and oxygen atoms in total. The topological polar surface area (TPSA) is 80.4 Å². The Balaban J connectivity index is 2.66. The summed E-state index contributed by atoms with van der Waals surface area (Å²) in [6.45, 7) is 0. The molecule has 0 radical (unpaired) electrons. The molecule has 3 N–H and O–H groups in total. The minimum absolute atomic E-state index is 0.247. The predicted octanol–water partition coefficient (Wildman–Crippen LogP) is 1.98. The highest BCUT2D eigenvalue weighted by Crippen LogP contribution is 2.33. The number of aromatic hydroxyl groups is 1. The van der Waals surface area contributed by atoms with Gasteiger partial charge < -0.3 is 5.11 Å². The van der Waals surface area contributed by atoms with Crippen LogP contribution in [0.25, 0.3) is 11.1 Å². The third-order valence-electron chi connectivity index (χ3n) is 2.53. The summed E-state index contributed by atoms with van der Waals surface area (Å²) in [6.07, 6.45) is 0. The largest absolute Gasteiger partial charge is 0.507 e. The second-order valence-electron chi connectivity index (χ2n) is 3.82. The molecule has 0 aliphatic rings. The van der Waals surface area contributed by atoms with E-state index in [2.05, 4.69) is 0 Å². The molecule has 0 aromatic heterocycles. The number of primary sulfonamides is 1. The maximum atomic E-state index is 13.8. The van der Waals surface area contributed by atoms with Crippen LogP contribution in [-0.4, -0.2) is 13.5 Å². The maximum Gasteiger partial charge on any atom is 0.238 e. The first kappa shape index (κ1) is 13.4. The molecule has 2 rings (SSSR count). The fourth-order valence-corrected chi connectivity index (χ4v) is 2.18. The lowest BCUT2D eigenvalue weighted by Crippen LogP contribution is -2.12. The smallest absolute Gasteiger partial charge is 0.238 e. The van der Waals surface area contributed by atoms with Crippen LogP contribution in [0.4, 0.5) is 8.78 Å². The van der Waals surface area contributed by atoms with Gasteiger partial charge in [0.05, 0.1) is 10.5 Å². The van der Waals surface area contributed by atoms with Gasteiger partial charge >= 0.3 is 0 Å². The van der Waals surface area contributed by atoms with Gasteiger partial charge in [-0.25, -0.2) is 22.3 Å². The van der Waals surface area contributed by atoms with Crippen molar-refractivity contribution in [3.8, 4) is 16.9 Å². The molecule has 7 heteroatoms. The van der Waals surface area contributed by atoms with E-state index < -0.39 is 32.3 Å². The summed E-state index contributed by atoms with van der Waals surface area (Å²) in [5, 5.41) is 14.4. The van der Waals surface area contributed by atoms with Crippen molar-refractivity contribution in [3.63, 3.8) is 0 Å². The van der Waals surface area contributed by atoms with Crippen molar-refractivity contribution in [2.24, 2.45) is 5.14 Å². The lowest BCUT2D eigenvalue weighted by Gasteiger charge is -2.08. The van der Waals surface area contributed by atoms with Crippen LogP contribution in [0.5, 0.6) is 5.75 Å². The molecule has 0 saturated carbocycles. The number of nitrogens with two attached hydrogens (primary N) is 1. The molecular weight excluding hydrogens is 276 g/mol. The number of benzene rings is 2. The molecule has 0 unspecified atom stereocenters. The summed E-state index contributed by atoms with van der Waals surface area (Å²) in [7, 11) is -4.04. The maximum absolute atomic E-state index is 13.8. The van der Waals surface area contributed by atoms with Crippen LogP contribution in [0.1, 0.15) is 0 Å². The predicted molar refractivity (Wildman–Crippen MR) is 64.8 cm³/mol. The van der Waals surface area contributed by atoms with Gasteiger partial charge in [0.15, 0.2) is 0 Å². The number of hydrogen-bond acceptors (Lipinski definition) is 3. The van der Waals surface area contributed by atoms with E-state index in [0.29, 0.717) is 6.07 Å². The van der Waals surface area contributed by atoms with Crippen LogP contribution < -0.4 is 5.14 Å². The minimum atomic E-state index is -4.04. The van der Waals surface area contributed by atoms with Gasteiger partial charge in [-0.15, -0.1) is 0 Å². The average molecular weight is 285 g/mol. The summed E-state index contributed by atoms with van der Waals surface area (Å²) < 4.78 is 49.5. The summed E-state index contributed by atoms with van der Waals surface area (Å²) in [4.78, 5) is -0.426. The number of sulfonamides is 1. The van der Waals surface area contributed by atoms with Gasteiger partial charge in [-0.3, -0.25) is 0 Å². The van der Waals surface area contributed by atoms with E-state index in [0.717, 1.165) is 18.2 Å². The van der Waals surface area contributed by atoms with E-state index in [1.165, 1.54) is 12.1 Å². The van der Waals surface area contributed by atoms with Crippen molar-refractivity contribution in [1.82, 2.24) is 0 Å². The van der Waals surface area contributed by atoms with Gasteiger partial charge in [0.2, 0.25) is 10.0 Å². The third kappa shape index (κ3) is 2.56. The molecule has 0 aliphatic carbocycles. The zero-order chi connectivity index (χ0) is 14.2. The van der Waals surface area contributed by atoms with Gasteiger partial charge in [-0.2, -0.15) is 0 Å². The number of phenols is 1. The molecule has 0 aliphatic heterocycles. The molecule has 0 amide bonds. The fourth-order valence-electron chi connectivity index (χ4n) is 1.65. The van der Waals surface area contributed by atoms with E-state index >= 15 is 0 Å². The highest BCUT2D eigenvalue weighted by molar-refractivity contribution is 7.89. The van der Waals surface area contributed by atoms with E-state index in [-0.39, 0.29) is 11.1 Å². The van der Waals surface area contributed by atoms with Crippen molar-refractivity contribution in [3.05, 3.63) is 48.0 Å². The van der Waals surface area contributed by atoms with Gasteiger partial charge in [0.25, 0.3) is 0 Å². The zero-order valence-electron chi connectivity index (χ0n) is 9.47. The van der Waals surface area contributed by atoms with Gasteiger partial charge in [0, 0.05) is 5.56 Å². The summed E-state index contributed by atoms with van der Waals surface area (Å²) in [6, 6.07) is 6.29. The summed E-state index contributed by atoms with van der Waals surface area (Å²) in [5.41, 5.74) is -0.580. The lowest BCUT2D eigenvalue weighted by atomic mass is 10.0. The molecule has 2 aromatic carbocycles. The molecule has 0 atom stereocenters. The minimum Gasteiger partial charge on any atom is -0.507 e. The Kier molecular flexibility index (Phi) is 3.25. The SMILES string of the molecule is NS(=O)(=O)c1ccc(-c2c(O)cccc2F)c(F)c1. The first-order valence-corrected chi connectivity index (χ1v) is 6.65. The van der Waals surface area contributed by atoms with E-state index in [1.807, 2.05) is 0 Å². The highest BCUT2D eigenvalue weighted by atomic mass is 32.2. The number of phenolic OH excluding ortho intramolecular Hbond substituents is 1. The first-order valence-electron chi connectivity index (χ1n) is 5.11. The second-order valence-corrected chi connectivity index (χ2v) is 5.38. The van der Waals surface area contributed by atoms with Crippen LogP contribution >= 0.6 is 0 Å². The lowest BCUT2D eigenvalue weighted by molar-refractivity contribution is 0.471. The second kappa shape index (κ2) is 4.60. The Morgan fingerprint density at radius 3 is 2.26 bits per heavy atom. The summed E-state index contributed by atoms with van der Waals surface area (Å²) in [5.74, 6) is -2.25. The van der Waals surface area contributed by atoms with Crippen LogP contribution in [0, 0.1) is 11.6 Å². The monoisotopic (exact) mass is 285 g/mol. The Morgan fingerprint density at radius 1 is 1.05 bits per heavy atom. The molecule has 19 heavy (non-hydrogen) atoms. The number of halogens is 2. The molecular formula is C12H9F2NO3S. The van der Waals surface area contributed by atoms with Crippen LogP contribution in [0.2, 0.25) is 0 Å². The Bertz CT molecular complexity index is 724. The molecule has 100 valence electrons. The first-order chi connectivity index (χ1) is 8.80. The average Bonchev–Trinajstić information content (AvgIpc) is 2.29. The van der Waals surface area contributed by atoms with E-state index in [4.69, 9.17) is 5.14 Å². The van der Waals surface area contributed by atoms with Crippen molar-refractivity contribution in [2.45, 2.75) is 4.90 Å². The Morgan fingerprint density at radius 2 is 1.74 bits per heavy atom. The third-order valence-corrected chi connectivity index (χ3v) is 3.44. The van der Waals surface area contributed by atoms with Gasteiger partial charge in [-0.1, -0.05) is 6.07 Å². The highest BCUT2D eigenvalue weighted by Gasteiger charge is 2.17. The standard InChI is InChI=1S/C12H9F2NO3S/c13-9-2-1-3-11(16)12(9)8-5-4-7(6-10(8)14)19(15,17)18/h1-6,16H,(H2,15,17,18). The number of hydrogen-bond donors (Lipinski definition) is 2. The number of rotatable bonds is 2. The van der Waals surface area contributed by atoms with Crippen LogP contribution in [0.3, 0.4) is 0 Å². The van der Waals surface area contributed by atoms with Crippen molar-refractivity contribution >= 4 is 10.0 Å². The molecule has 0 spiro atoms. The molecule has 2 aromatic rings. The molecule has 0 bridgehead atoms. The van der Waals surface area contributed by atoms with Crippen LogP contribution in [0.15, 0.2) is 41.3 Å². The molecule has 0 saturated heterocycles. The van der Waals surface area contributed by atoms with E-state index in [1.54, 1.807) is 0 Å². The Hall–Kier alpha value is -1.99. The van der Waals surface area contributed by atoms with Gasteiger partial charge in [-0.05, 0) is 30.3 Å². The van der Waals surface area contributed by atoms with Crippen molar-refractivity contribution < 1.29 is 22.3 Å². The zero-order valence-corrected chi connectivity index (χ0v) is 10.3. The molecule has 0 fully saturated rings. The fraction of sp³-hybridized carbons (Fsp3) is 0. The normalized spacial score (nSPS) is 11.5.